The minimum absolute atomic E-state index is 0.0953. The lowest BCUT2D eigenvalue weighted by Gasteiger charge is -2.16. The van der Waals surface area contributed by atoms with Crippen molar-refractivity contribution in [2.75, 3.05) is 19.7 Å². The van der Waals surface area contributed by atoms with Crippen molar-refractivity contribution in [1.82, 2.24) is 15.1 Å². The van der Waals surface area contributed by atoms with Gasteiger partial charge in [0, 0.05) is 13.1 Å². The first-order valence-electron chi connectivity index (χ1n) is 7.02. The Morgan fingerprint density at radius 2 is 2.05 bits per heavy atom. The van der Waals surface area contributed by atoms with Crippen LogP contribution in [0.15, 0.2) is 41.3 Å². The Bertz CT molecular complexity index is 580. The van der Waals surface area contributed by atoms with E-state index in [2.05, 4.69) is 35.8 Å². The van der Waals surface area contributed by atoms with Crippen molar-refractivity contribution in [3.8, 4) is 0 Å². The molecule has 5 heteroatoms. The van der Waals surface area contributed by atoms with Crippen molar-refractivity contribution < 1.29 is 9.52 Å². The summed E-state index contributed by atoms with van der Waals surface area (Å²) in [6.45, 7) is 7.62. The van der Waals surface area contributed by atoms with E-state index in [1.54, 1.807) is 6.08 Å². The SMILES string of the molecule is C=CCN(CCO)Cc1nnc(Cc2ccccc2C)o1. The molecule has 0 atom stereocenters. The summed E-state index contributed by atoms with van der Waals surface area (Å²) in [5, 5.41) is 17.2. The molecule has 5 nitrogen and oxygen atoms in total. The lowest BCUT2D eigenvalue weighted by atomic mass is 10.1. The van der Waals surface area contributed by atoms with E-state index in [4.69, 9.17) is 9.52 Å². The van der Waals surface area contributed by atoms with Gasteiger partial charge < -0.3 is 9.52 Å². The fourth-order valence-electron chi connectivity index (χ4n) is 2.15. The summed E-state index contributed by atoms with van der Waals surface area (Å²) in [4.78, 5) is 2.00. The molecule has 1 N–H and O–H groups in total. The molecule has 1 heterocycles. The molecule has 0 unspecified atom stereocenters. The highest BCUT2D eigenvalue weighted by atomic mass is 16.4. The number of hydrogen-bond acceptors (Lipinski definition) is 5. The molecule has 0 aliphatic heterocycles. The molecular formula is C16H21N3O2. The highest BCUT2D eigenvalue weighted by Gasteiger charge is 2.11. The van der Waals surface area contributed by atoms with Crippen LogP contribution in [0.5, 0.6) is 0 Å². The zero-order valence-corrected chi connectivity index (χ0v) is 12.3. The van der Waals surface area contributed by atoms with E-state index in [-0.39, 0.29) is 6.61 Å². The second kappa shape index (κ2) is 7.71. The van der Waals surface area contributed by atoms with Crippen LogP contribution in [0.25, 0.3) is 0 Å². The average Bonchev–Trinajstić information content (AvgIpc) is 2.89. The largest absolute Gasteiger partial charge is 0.424 e. The van der Waals surface area contributed by atoms with Crippen LogP contribution in [0.1, 0.15) is 22.9 Å². The second-order valence-electron chi connectivity index (χ2n) is 4.94. The maximum Gasteiger partial charge on any atom is 0.230 e. The molecule has 0 saturated heterocycles. The van der Waals surface area contributed by atoms with E-state index in [0.717, 1.165) is 0 Å². The molecule has 0 aliphatic rings. The predicted octanol–water partition coefficient (Wildman–Crippen LogP) is 1.95. The van der Waals surface area contributed by atoms with Gasteiger partial charge in [-0.25, -0.2) is 0 Å². The van der Waals surface area contributed by atoms with Crippen molar-refractivity contribution in [2.45, 2.75) is 19.9 Å². The van der Waals surface area contributed by atoms with Gasteiger partial charge in [0.15, 0.2) is 0 Å². The average molecular weight is 287 g/mol. The van der Waals surface area contributed by atoms with E-state index < -0.39 is 0 Å². The van der Waals surface area contributed by atoms with Gasteiger partial charge in [-0.1, -0.05) is 30.3 Å². The maximum absolute atomic E-state index is 9.03. The molecule has 0 bridgehead atoms. The van der Waals surface area contributed by atoms with Crippen molar-refractivity contribution in [2.24, 2.45) is 0 Å². The molecule has 2 rings (SSSR count). The molecule has 112 valence electrons. The normalized spacial score (nSPS) is 11.0. The van der Waals surface area contributed by atoms with Crippen LogP contribution in [0.4, 0.5) is 0 Å². The van der Waals surface area contributed by atoms with Crippen LogP contribution in [-0.2, 0) is 13.0 Å². The summed E-state index contributed by atoms with van der Waals surface area (Å²) >= 11 is 0. The smallest absolute Gasteiger partial charge is 0.230 e. The minimum Gasteiger partial charge on any atom is -0.424 e. The highest BCUT2D eigenvalue weighted by Crippen LogP contribution is 2.13. The van der Waals surface area contributed by atoms with E-state index in [1.165, 1.54) is 11.1 Å². The summed E-state index contributed by atoms with van der Waals surface area (Å²) in [6, 6.07) is 8.15. The van der Waals surface area contributed by atoms with Crippen LogP contribution in [-0.4, -0.2) is 39.9 Å². The van der Waals surface area contributed by atoms with Crippen LogP contribution >= 0.6 is 0 Å². The van der Waals surface area contributed by atoms with Gasteiger partial charge >= 0.3 is 0 Å². The first-order valence-corrected chi connectivity index (χ1v) is 7.02. The van der Waals surface area contributed by atoms with Gasteiger partial charge in [0.2, 0.25) is 11.8 Å². The molecule has 21 heavy (non-hydrogen) atoms. The molecule has 0 radical (unpaired) electrons. The molecular weight excluding hydrogens is 266 g/mol. The van der Waals surface area contributed by atoms with Crippen molar-refractivity contribution in [1.29, 1.82) is 0 Å². The third-order valence-electron chi connectivity index (χ3n) is 3.27. The fraction of sp³-hybridized carbons (Fsp3) is 0.375. The maximum atomic E-state index is 9.03. The van der Waals surface area contributed by atoms with Crippen LogP contribution in [0.2, 0.25) is 0 Å². The Labute approximate surface area is 124 Å². The number of aryl methyl sites for hydroxylation is 1. The Morgan fingerprint density at radius 3 is 2.76 bits per heavy atom. The molecule has 0 saturated carbocycles. The number of nitrogens with zero attached hydrogens (tertiary/aromatic N) is 3. The Balaban J connectivity index is 2.00. The van der Waals surface area contributed by atoms with Gasteiger partial charge in [-0.3, -0.25) is 4.90 Å². The zero-order chi connectivity index (χ0) is 15.1. The number of aliphatic hydroxyl groups excluding tert-OH is 1. The molecule has 0 aliphatic carbocycles. The lowest BCUT2D eigenvalue weighted by Crippen LogP contribution is -2.26. The van der Waals surface area contributed by atoms with Gasteiger partial charge in [0.05, 0.1) is 19.6 Å². The van der Waals surface area contributed by atoms with Crippen LogP contribution in [0.3, 0.4) is 0 Å². The molecule has 0 fully saturated rings. The first kappa shape index (κ1) is 15.4. The van der Waals surface area contributed by atoms with Crippen molar-refractivity contribution >= 4 is 0 Å². The Hall–Kier alpha value is -1.98. The minimum atomic E-state index is 0.0953. The van der Waals surface area contributed by atoms with Crippen LogP contribution in [0, 0.1) is 6.92 Å². The summed E-state index contributed by atoms with van der Waals surface area (Å²) in [5.41, 5.74) is 2.40. The van der Waals surface area contributed by atoms with E-state index in [0.29, 0.717) is 37.8 Å². The molecule has 1 aromatic carbocycles. The zero-order valence-electron chi connectivity index (χ0n) is 12.3. The van der Waals surface area contributed by atoms with E-state index in [1.807, 2.05) is 17.0 Å². The highest BCUT2D eigenvalue weighted by molar-refractivity contribution is 5.27. The number of aliphatic hydroxyl groups is 1. The molecule has 1 aromatic heterocycles. The summed E-state index contributed by atoms with van der Waals surface area (Å²) in [5.74, 6) is 1.18. The van der Waals surface area contributed by atoms with Gasteiger partial charge in [-0.2, -0.15) is 0 Å². The Morgan fingerprint density at radius 1 is 1.29 bits per heavy atom. The van der Waals surface area contributed by atoms with Gasteiger partial charge in [0.25, 0.3) is 0 Å². The topological polar surface area (TPSA) is 62.4 Å². The van der Waals surface area contributed by atoms with Gasteiger partial charge in [-0.15, -0.1) is 16.8 Å². The van der Waals surface area contributed by atoms with Crippen LogP contribution < -0.4 is 0 Å². The van der Waals surface area contributed by atoms with Gasteiger partial charge in [0.1, 0.15) is 0 Å². The number of aromatic nitrogens is 2. The van der Waals surface area contributed by atoms with Gasteiger partial charge in [-0.05, 0) is 18.1 Å². The third-order valence-corrected chi connectivity index (χ3v) is 3.27. The summed E-state index contributed by atoms with van der Waals surface area (Å²) in [6.07, 6.45) is 2.43. The van der Waals surface area contributed by atoms with E-state index in [9.17, 15) is 0 Å². The number of hydrogen-bond donors (Lipinski definition) is 1. The molecule has 0 amide bonds. The number of benzene rings is 1. The standard InChI is InChI=1S/C16H21N3O2/c1-3-8-19(9-10-20)12-16-18-17-15(21-16)11-14-7-5-4-6-13(14)2/h3-7,20H,1,8-12H2,2H3. The van der Waals surface area contributed by atoms with Crippen molar-refractivity contribution in [3.63, 3.8) is 0 Å². The first-order chi connectivity index (χ1) is 10.2. The third kappa shape index (κ3) is 4.51. The second-order valence-corrected chi connectivity index (χ2v) is 4.94. The fourth-order valence-corrected chi connectivity index (χ4v) is 2.15. The molecule has 0 spiro atoms. The molecule has 2 aromatic rings. The number of rotatable bonds is 8. The predicted molar refractivity (Wildman–Crippen MR) is 80.8 cm³/mol. The van der Waals surface area contributed by atoms with Crippen molar-refractivity contribution in [3.05, 3.63) is 59.8 Å². The van der Waals surface area contributed by atoms with E-state index >= 15 is 0 Å². The quantitative estimate of drug-likeness (QED) is 0.752. The lowest BCUT2D eigenvalue weighted by molar-refractivity contribution is 0.191. The monoisotopic (exact) mass is 287 g/mol. The Kier molecular flexibility index (Phi) is 5.66. The summed E-state index contributed by atoms with van der Waals surface area (Å²) in [7, 11) is 0. The summed E-state index contributed by atoms with van der Waals surface area (Å²) < 4.78 is 5.69.